The maximum Gasteiger partial charge on any atom is 0.397 e. The van der Waals surface area contributed by atoms with Crippen LogP contribution in [0.25, 0.3) is 0 Å². The molecule has 0 saturated carbocycles. The molecule has 1 rings (SSSR count). The summed E-state index contributed by atoms with van der Waals surface area (Å²) >= 11 is 0. The van der Waals surface area contributed by atoms with E-state index in [1.165, 1.54) is 0 Å². The number of hydrogen-bond donors (Lipinski definition) is 4. The third-order valence-electron chi connectivity index (χ3n) is 2.90. The van der Waals surface area contributed by atoms with Gasteiger partial charge in [0.2, 0.25) is 0 Å². The Morgan fingerprint density at radius 1 is 0.636 bits per heavy atom. The van der Waals surface area contributed by atoms with E-state index >= 15 is 0 Å². The van der Waals surface area contributed by atoms with E-state index in [1.54, 1.807) is 0 Å². The largest absolute Gasteiger partial charge is 0.397 e. The summed E-state index contributed by atoms with van der Waals surface area (Å²) < 4.78 is 149. The zero-order valence-corrected chi connectivity index (χ0v) is 33.5. The van der Waals surface area contributed by atoms with Gasteiger partial charge in [-0.2, -0.15) is 33.7 Å². The van der Waals surface area contributed by atoms with E-state index in [0.717, 1.165) is 7.11 Å². The maximum atomic E-state index is 11.1. The third kappa shape index (κ3) is 20.5. The van der Waals surface area contributed by atoms with Crippen molar-refractivity contribution in [3.8, 4) is 0 Å². The molecule has 178 valence electrons. The Bertz CT molecular complexity index is 994. The van der Waals surface area contributed by atoms with E-state index in [1.807, 2.05) is 0 Å². The Hall–Kier alpha value is 5.95. The van der Waals surface area contributed by atoms with Crippen LogP contribution in [-0.2, 0) is 67.8 Å². The first-order valence-corrected chi connectivity index (χ1v) is 12.0. The van der Waals surface area contributed by atoms with Gasteiger partial charge in [-0.1, -0.05) is 0 Å². The van der Waals surface area contributed by atoms with Gasteiger partial charge in [-0.15, -0.1) is 0 Å². The summed E-state index contributed by atoms with van der Waals surface area (Å²) in [6.45, 7) is -1.33. The molecule has 0 unspecified atom stereocenters. The van der Waals surface area contributed by atoms with E-state index < -0.39 is 78.9 Å². The summed E-state index contributed by atoms with van der Waals surface area (Å²) in [7, 11) is -20.8. The predicted molar refractivity (Wildman–Crippen MR) is 105 cm³/mol. The van der Waals surface area contributed by atoms with E-state index in [4.69, 9.17) is 22.9 Å². The van der Waals surface area contributed by atoms with E-state index in [0.29, 0.717) is 0 Å². The quantitative estimate of drug-likeness (QED) is 0.125. The van der Waals surface area contributed by atoms with Crippen molar-refractivity contribution in [2.45, 2.75) is 30.7 Å². The van der Waals surface area contributed by atoms with Crippen molar-refractivity contribution in [1.29, 1.82) is 0 Å². The second-order valence-corrected chi connectivity index (χ2v) is 9.19. The fourth-order valence-electron chi connectivity index (χ4n) is 2.10. The molecular formula is C7H14K4O18S4. The first kappa shape index (κ1) is 45.9. The molecule has 1 aliphatic rings. The second kappa shape index (κ2) is 19.2. The number of rotatable bonds is 10. The fourth-order valence-corrected chi connectivity index (χ4v) is 3.91. The van der Waals surface area contributed by atoms with Crippen LogP contribution < -0.4 is 0 Å². The molecule has 0 amide bonds. The summed E-state index contributed by atoms with van der Waals surface area (Å²) in [6, 6.07) is 0. The monoisotopic (exact) mass is 670 g/mol. The topological polar surface area (TPSA) is 273 Å². The number of ether oxygens (including phenoxy) is 2. The molecule has 18 nitrogen and oxygen atoms in total. The van der Waals surface area contributed by atoms with Crippen LogP contribution in [0.5, 0.6) is 0 Å². The molecular weight excluding hydrogens is 657 g/mol. The average Bonchev–Trinajstić information content (AvgIpc) is 2.44. The Balaban J connectivity index is -0.00000105. The summed E-state index contributed by atoms with van der Waals surface area (Å²) in [4.78, 5) is 0. The van der Waals surface area contributed by atoms with E-state index in [9.17, 15) is 33.7 Å². The summed E-state index contributed by atoms with van der Waals surface area (Å²) in [5.41, 5.74) is 0. The van der Waals surface area contributed by atoms with Crippen molar-refractivity contribution in [3.05, 3.63) is 0 Å². The Morgan fingerprint density at radius 3 is 1.33 bits per heavy atom. The molecule has 0 aliphatic carbocycles. The van der Waals surface area contributed by atoms with Crippen molar-refractivity contribution in [2.24, 2.45) is 0 Å². The van der Waals surface area contributed by atoms with Crippen LogP contribution in [0.3, 0.4) is 0 Å². The SMILES string of the molecule is CO[C@H]1O[C@H](COS(=O)(=O)O)[C@@H](OS(=O)(=O)O)[C@H](OS(=O)(=O)O)[C@@H]1OS(=O)(=O)O.[K].[K].[K].[K]. The predicted octanol–water partition coefficient (Wildman–Crippen LogP) is -4.78. The Labute approximate surface area is 360 Å². The van der Waals surface area contributed by atoms with Crippen LogP contribution in [0.2, 0.25) is 0 Å². The van der Waals surface area contributed by atoms with Gasteiger partial charge in [-0.3, -0.25) is 18.2 Å². The van der Waals surface area contributed by atoms with Gasteiger partial charge in [0.15, 0.2) is 12.4 Å². The second-order valence-electron chi connectivity index (χ2n) is 4.96. The Kier molecular flexibility index (Phi) is 26.7. The molecule has 1 heterocycles. The molecule has 1 saturated heterocycles. The molecule has 4 N–H and O–H groups in total. The third-order valence-corrected chi connectivity index (χ3v) is 4.73. The first-order chi connectivity index (χ1) is 12.8. The van der Waals surface area contributed by atoms with Crippen molar-refractivity contribution in [1.82, 2.24) is 0 Å². The van der Waals surface area contributed by atoms with Crippen molar-refractivity contribution >= 4 is 247 Å². The zero-order chi connectivity index (χ0) is 22.8. The summed E-state index contributed by atoms with van der Waals surface area (Å²) in [6.07, 6.45) is -11.6. The average molecular weight is 671 g/mol. The molecule has 0 aromatic rings. The molecule has 0 aromatic heterocycles. The van der Waals surface area contributed by atoms with E-state index in [2.05, 4.69) is 21.5 Å². The molecule has 0 spiro atoms. The molecule has 1 fully saturated rings. The van der Waals surface area contributed by atoms with Crippen LogP contribution >= 0.6 is 0 Å². The fraction of sp³-hybridized carbons (Fsp3) is 1.00. The van der Waals surface area contributed by atoms with Crippen LogP contribution in [0.1, 0.15) is 0 Å². The molecule has 4 radical (unpaired) electrons. The van der Waals surface area contributed by atoms with Gasteiger partial charge in [-0.25, -0.2) is 16.7 Å². The number of hydrogen-bond acceptors (Lipinski definition) is 14. The summed E-state index contributed by atoms with van der Waals surface area (Å²) in [5.74, 6) is 0. The summed E-state index contributed by atoms with van der Waals surface area (Å²) in [5, 5.41) is 0. The van der Waals surface area contributed by atoms with Crippen LogP contribution in [0.15, 0.2) is 0 Å². The standard InChI is InChI=1S/C7H14O18S4.4K/c1-20-7-6(25-29(17,18)19)5(24-28(14,15)16)4(23-27(11,12)13)3(22-7)2-21-26(8,9)10;;;;/h3-7H,2H2,1H3,(H,8,9,10)(H,11,12,13)(H,14,15,16)(H,17,18,19);;;;/t3-,4-,5+,6+,7+;;;;/m1..../s1. The van der Waals surface area contributed by atoms with Crippen LogP contribution in [0, 0.1) is 0 Å². The van der Waals surface area contributed by atoms with Crippen molar-refractivity contribution in [2.75, 3.05) is 13.7 Å². The smallest absolute Gasteiger partial charge is 0.353 e. The molecule has 5 atom stereocenters. The van der Waals surface area contributed by atoms with Gasteiger partial charge < -0.3 is 9.47 Å². The van der Waals surface area contributed by atoms with Gasteiger partial charge in [0, 0.05) is 213 Å². The normalized spacial score (nSPS) is 26.0. The molecule has 1 aliphatic heterocycles. The minimum absolute atomic E-state index is 0. The minimum Gasteiger partial charge on any atom is -0.353 e. The maximum absolute atomic E-state index is 11.1. The molecule has 0 aromatic carbocycles. The molecule has 33 heavy (non-hydrogen) atoms. The van der Waals surface area contributed by atoms with Gasteiger partial charge in [0.05, 0.1) is 6.61 Å². The molecule has 0 bridgehead atoms. The van der Waals surface area contributed by atoms with Crippen LogP contribution in [0.4, 0.5) is 0 Å². The minimum atomic E-state index is -5.53. The first-order valence-electron chi connectivity index (χ1n) is 6.58. The number of methoxy groups -OCH3 is 1. The Morgan fingerprint density at radius 2 is 1.00 bits per heavy atom. The molecule has 26 heteroatoms. The van der Waals surface area contributed by atoms with Crippen molar-refractivity contribution in [3.63, 3.8) is 0 Å². The zero-order valence-electron chi connectivity index (χ0n) is 17.7. The van der Waals surface area contributed by atoms with Gasteiger partial charge >= 0.3 is 41.6 Å². The van der Waals surface area contributed by atoms with Gasteiger partial charge in [0.25, 0.3) is 0 Å². The van der Waals surface area contributed by atoms with Gasteiger partial charge in [0.1, 0.15) is 18.3 Å². The van der Waals surface area contributed by atoms with Crippen LogP contribution in [-0.4, -0.2) is 302 Å². The van der Waals surface area contributed by atoms with Gasteiger partial charge in [-0.05, 0) is 0 Å². The van der Waals surface area contributed by atoms with Crippen molar-refractivity contribution < 1.29 is 78.1 Å². The van der Waals surface area contributed by atoms with E-state index in [-0.39, 0.29) is 206 Å².